The van der Waals surface area contributed by atoms with Gasteiger partial charge in [-0.1, -0.05) is 12.8 Å². The summed E-state index contributed by atoms with van der Waals surface area (Å²) in [5.41, 5.74) is 0. The molecular formula is C11H20ClNOS. The van der Waals surface area contributed by atoms with Crippen molar-refractivity contribution in [1.82, 2.24) is 4.90 Å². The number of halogens is 1. The Kier molecular flexibility index (Phi) is 6.50. The van der Waals surface area contributed by atoms with Gasteiger partial charge in [-0.25, -0.2) is 0 Å². The SMILES string of the molecule is CSCCC(=O)N1CCCCCC1CCl. The van der Waals surface area contributed by atoms with Gasteiger partial charge in [-0.15, -0.1) is 11.6 Å². The van der Waals surface area contributed by atoms with Crippen molar-refractivity contribution in [2.24, 2.45) is 0 Å². The number of likely N-dealkylation sites (tertiary alicyclic amines) is 1. The van der Waals surface area contributed by atoms with Crippen LogP contribution < -0.4 is 0 Å². The van der Waals surface area contributed by atoms with Crippen LogP contribution in [0.25, 0.3) is 0 Å². The maximum Gasteiger partial charge on any atom is 0.223 e. The highest BCUT2D eigenvalue weighted by atomic mass is 35.5. The minimum Gasteiger partial charge on any atom is -0.338 e. The zero-order valence-corrected chi connectivity index (χ0v) is 10.9. The summed E-state index contributed by atoms with van der Waals surface area (Å²) in [6.07, 6.45) is 7.36. The molecule has 1 saturated heterocycles. The Hall–Kier alpha value is 0.110. The van der Waals surface area contributed by atoms with Crippen LogP contribution in [0.5, 0.6) is 0 Å². The van der Waals surface area contributed by atoms with Gasteiger partial charge in [-0.3, -0.25) is 4.79 Å². The first-order valence-corrected chi connectivity index (χ1v) is 7.56. The third kappa shape index (κ3) is 4.23. The molecule has 0 N–H and O–H groups in total. The minimum absolute atomic E-state index is 0.281. The molecule has 0 aromatic carbocycles. The van der Waals surface area contributed by atoms with Crippen LogP contribution in [0.2, 0.25) is 0 Å². The number of nitrogens with zero attached hydrogens (tertiary/aromatic N) is 1. The Morgan fingerprint density at radius 2 is 2.27 bits per heavy atom. The normalized spacial score (nSPS) is 22.5. The average Bonchev–Trinajstić information content (AvgIpc) is 2.50. The van der Waals surface area contributed by atoms with Crippen molar-refractivity contribution < 1.29 is 4.79 Å². The van der Waals surface area contributed by atoms with Crippen molar-refractivity contribution in [3.8, 4) is 0 Å². The fourth-order valence-corrected chi connectivity index (χ4v) is 2.70. The van der Waals surface area contributed by atoms with Crippen molar-refractivity contribution in [1.29, 1.82) is 0 Å². The van der Waals surface area contributed by atoms with E-state index in [9.17, 15) is 4.79 Å². The highest BCUT2D eigenvalue weighted by Crippen LogP contribution is 2.19. The molecule has 2 nitrogen and oxygen atoms in total. The number of thioether (sulfide) groups is 1. The predicted octanol–water partition coefficient (Wildman–Crippen LogP) is 2.75. The van der Waals surface area contributed by atoms with E-state index in [-0.39, 0.29) is 11.9 Å². The zero-order valence-electron chi connectivity index (χ0n) is 9.38. The van der Waals surface area contributed by atoms with E-state index in [0.717, 1.165) is 25.1 Å². The van der Waals surface area contributed by atoms with Gasteiger partial charge in [-0.2, -0.15) is 11.8 Å². The smallest absolute Gasteiger partial charge is 0.223 e. The Balaban J connectivity index is 2.49. The van der Waals surface area contributed by atoms with Crippen molar-refractivity contribution >= 4 is 29.3 Å². The van der Waals surface area contributed by atoms with Gasteiger partial charge in [0.2, 0.25) is 5.91 Å². The zero-order chi connectivity index (χ0) is 11.1. The van der Waals surface area contributed by atoms with Crippen molar-refractivity contribution in [2.45, 2.75) is 38.1 Å². The van der Waals surface area contributed by atoms with Crippen LogP contribution in [0.3, 0.4) is 0 Å². The van der Waals surface area contributed by atoms with Crippen molar-refractivity contribution in [2.75, 3.05) is 24.4 Å². The monoisotopic (exact) mass is 249 g/mol. The molecule has 0 aromatic heterocycles. The molecule has 0 bridgehead atoms. The molecule has 0 radical (unpaired) electrons. The van der Waals surface area contributed by atoms with Crippen molar-refractivity contribution in [3.63, 3.8) is 0 Å². The molecule has 0 aliphatic carbocycles. The van der Waals surface area contributed by atoms with E-state index in [0.29, 0.717) is 12.3 Å². The lowest BCUT2D eigenvalue weighted by atomic mass is 10.1. The van der Waals surface area contributed by atoms with Crippen LogP contribution >= 0.6 is 23.4 Å². The van der Waals surface area contributed by atoms with Crippen molar-refractivity contribution in [3.05, 3.63) is 0 Å². The fourth-order valence-electron chi connectivity index (χ4n) is 2.00. The number of hydrogen-bond donors (Lipinski definition) is 0. The standard InChI is InChI=1S/C11H20ClNOS/c1-15-8-6-11(14)13-7-4-2-3-5-10(13)9-12/h10H,2-9H2,1H3. The van der Waals surface area contributed by atoms with Gasteiger partial charge in [0, 0.05) is 30.6 Å². The second-order valence-electron chi connectivity index (χ2n) is 3.99. The summed E-state index contributed by atoms with van der Waals surface area (Å²) in [6.45, 7) is 0.907. The maximum absolute atomic E-state index is 11.9. The molecule has 1 fully saturated rings. The minimum atomic E-state index is 0.281. The number of carbonyl (C=O) groups is 1. The fraction of sp³-hybridized carbons (Fsp3) is 0.909. The molecule has 1 atom stereocenters. The van der Waals surface area contributed by atoms with E-state index in [1.807, 2.05) is 11.2 Å². The molecule has 4 heteroatoms. The van der Waals surface area contributed by atoms with Gasteiger partial charge in [0.25, 0.3) is 0 Å². The predicted molar refractivity (Wildman–Crippen MR) is 67.7 cm³/mol. The Labute approximate surface area is 102 Å². The Bertz CT molecular complexity index is 201. The first-order valence-electron chi connectivity index (χ1n) is 5.64. The van der Waals surface area contributed by atoms with Crippen LogP contribution in [-0.4, -0.2) is 41.3 Å². The highest BCUT2D eigenvalue weighted by molar-refractivity contribution is 7.98. The van der Waals surface area contributed by atoms with E-state index < -0.39 is 0 Å². The second-order valence-corrected chi connectivity index (χ2v) is 5.28. The molecule has 0 spiro atoms. The molecule has 1 unspecified atom stereocenters. The molecule has 0 aromatic rings. The molecule has 15 heavy (non-hydrogen) atoms. The maximum atomic E-state index is 11.9. The van der Waals surface area contributed by atoms with Crippen LogP contribution in [-0.2, 0) is 4.79 Å². The number of rotatable bonds is 4. The molecule has 1 amide bonds. The van der Waals surface area contributed by atoms with E-state index in [1.165, 1.54) is 12.8 Å². The summed E-state index contributed by atoms with van der Waals surface area (Å²) < 4.78 is 0. The van der Waals surface area contributed by atoms with E-state index in [1.54, 1.807) is 11.8 Å². The van der Waals surface area contributed by atoms with Gasteiger partial charge in [0.05, 0.1) is 0 Å². The second kappa shape index (κ2) is 7.39. The molecular weight excluding hydrogens is 230 g/mol. The summed E-state index contributed by atoms with van der Waals surface area (Å²) in [6, 6.07) is 0.281. The molecule has 0 saturated carbocycles. The van der Waals surface area contributed by atoms with Gasteiger partial charge < -0.3 is 4.90 Å². The molecule has 1 heterocycles. The molecule has 1 aliphatic rings. The van der Waals surface area contributed by atoms with Gasteiger partial charge in [-0.05, 0) is 19.1 Å². The third-order valence-electron chi connectivity index (χ3n) is 2.90. The van der Waals surface area contributed by atoms with E-state index >= 15 is 0 Å². The topological polar surface area (TPSA) is 20.3 Å². The number of carbonyl (C=O) groups excluding carboxylic acids is 1. The van der Waals surface area contributed by atoms with E-state index in [4.69, 9.17) is 11.6 Å². The average molecular weight is 250 g/mol. The quantitative estimate of drug-likeness (QED) is 0.715. The first-order chi connectivity index (χ1) is 7.29. The van der Waals surface area contributed by atoms with Crippen LogP contribution in [0.4, 0.5) is 0 Å². The highest BCUT2D eigenvalue weighted by Gasteiger charge is 2.23. The number of amides is 1. The Morgan fingerprint density at radius 3 is 2.93 bits per heavy atom. The summed E-state index contributed by atoms with van der Waals surface area (Å²) >= 11 is 7.65. The number of hydrogen-bond acceptors (Lipinski definition) is 2. The van der Waals surface area contributed by atoms with Gasteiger partial charge >= 0.3 is 0 Å². The van der Waals surface area contributed by atoms with Crippen LogP contribution in [0.1, 0.15) is 32.1 Å². The largest absolute Gasteiger partial charge is 0.338 e. The first kappa shape index (κ1) is 13.2. The van der Waals surface area contributed by atoms with Crippen LogP contribution in [0.15, 0.2) is 0 Å². The van der Waals surface area contributed by atoms with Gasteiger partial charge in [0.15, 0.2) is 0 Å². The van der Waals surface area contributed by atoms with Crippen LogP contribution in [0, 0.1) is 0 Å². The summed E-state index contributed by atoms with van der Waals surface area (Å²) in [4.78, 5) is 13.9. The van der Waals surface area contributed by atoms with Gasteiger partial charge in [0.1, 0.15) is 0 Å². The lowest BCUT2D eigenvalue weighted by molar-refractivity contribution is -0.132. The number of alkyl halides is 1. The summed E-state index contributed by atoms with van der Waals surface area (Å²) in [5.74, 6) is 1.80. The summed E-state index contributed by atoms with van der Waals surface area (Å²) in [7, 11) is 0. The third-order valence-corrected chi connectivity index (χ3v) is 3.86. The lowest BCUT2D eigenvalue weighted by Gasteiger charge is -2.28. The molecule has 88 valence electrons. The Morgan fingerprint density at radius 1 is 1.47 bits per heavy atom. The molecule has 1 rings (SSSR count). The lowest BCUT2D eigenvalue weighted by Crippen LogP contribution is -2.41. The molecule has 1 aliphatic heterocycles. The summed E-state index contributed by atoms with van der Waals surface area (Å²) in [5, 5.41) is 0. The van der Waals surface area contributed by atoms with E-state index in [2.05, 4.69) is 0 Å².